The molecule has 1 heterocycles. The van der Waals surface area contributed by atoms with E-state index in [1.54, 1.807) is 13.8 Å². The molecule has 0 saturated heterocycles. The van der Waals surface area contributed by atoms with Gasteiger partial charge in [-0.1, -0.05) is 17.4 Å². The van der Waals surface area contributed by atoms with Crippen molar-refractivity contribution in [3.05, 3.63) is 44.4 Å². The second-order valence-electron chi connectivity index (χ2n) is 4.83. The average molecular weight is 330 g/mol. The first-order valence-electron chi connectivity index (χ1n) is 6.35. The van der Waals surface area contributed by atoms with E-state index in [-0.39, 0.29) is 27.4 Å². The topological polar surface area (TPSA) is 54.6 Å². The van der Waals surface area contributed by atoms with Crippen LogP contribution >= 0.6 is 11.3 Å². The van der Waals surface area contributed by atoms with Gasteiger partial charge < -0.3 is 5.11 Å². The van der Waals surface area contributed by atoms with Gasteiger partial charge in [-0.25, -0.2) is 0 Å². The van der Waals surface area contributed by atoms with E-state index < -0.39 is 11.7 Å². The van der Waals surface area contributed by atoms with Crippen LogP contribution in [-0.4, -0.2) is 15.9 Å². The summed E-state index contributed by atoms with van der Waals surface area (Å²) in [4.78, 5) is 15.5. The van der Waals surface area contributed by atoms with Gasteiger partial charge in [-0.05, 0) is 32.0 Å². The molecule has 1 aromatic carbocycles. The minimum absolute atomic E-state index is 0.0890. The average Bonchev–Trinajstić information content (AvgIpc) is 2.70. The fourth-order valence-corrected chi connectivity index (χ4v) is 2.71. The molecule has 22 heavy (non-hydrogen) atoms. The molecule has 4 nitrogen and oxygen atoms in total. The Morgan fingerprint density at radius 1 is 1.36 bits per heavy atom. The Hall–Kier alpha value is -2.09. The molecular weight excluding hydrogens is 317 g/mol. The largest absolute Gasteiger partial charge is 0.493 e. The number of nitrogens with zero attached hydrogens (tertiary/aromatic N) is 2. The summed E-state index contributed by atoms with van der Waals surface area (Å²) in [7, 11) is 0. The van der Waals surface area contributed by atoms with E-state index in [9.17, 15) is 23.1 Å². The minimum Gasteiger partial charge on any atom is -0.493 e. The molecule has 0 bridgehead atoms. The lowest BCUT2D eigenvalue weighted by Crippen LogP contribution is -2.14. The maximum Gasteiger partial charge on any atom is 0.416 e. The summed E-state index contributed by atoms with van der Waals surface area (Å²) in [5.41, 5.74) is -0.717. The number of hydrogen-bond acceptors (Lipinski definition) is 4. The van der Waals surface area contributed by atoms with Crippen LogP contribution < -0.4 is 4.87 Å². The van der Waals surface area contributed by atoms with E-state index in [1.165, 1.54) is 22.9 Å². The van der Waals surface area contributed by atoms with Gasteiger partial charge in [0.2, 0.25) is 5.88 Å². The standard InChI is InChI=1S/C14H13F3N2O2S/c1-8(2)19-12(20)11(22-13(19)21)7-18-10-5-3-4-9(6-10)14(15,16)17/h3-8,20H,1-2H3. The molecule has 0 radical (unpaired) electrons. The lowest BCUT2D eigenvalue weighted by molar-refractivity contribution is -0.137. The van der Waals surface area contributed by atoms with Crippen LogP contribution in [0.2, 0.25) is 0 Å². The molecule has 0 fully saturated rings. The van der Waals surface area contributed by atoms with Crippen molar-refractivity contribution in [3.8, 4) is 5.88 Å². The fourth-order valence-electron chi connectivity index (χ4n) is 1.83. The van der Waals surface area contributed by atoms with Crippen LogP contribution in [0, 0.1) is 0 Å². The SMILES string of the molecule is CC(C)n1c(O)c(C=Nc2cccc(C(F)(F)F)c2)sc1=O. The Morgan fingerprint density at radius 3 is 2.59 bits per heavy atom. The Morgan fingerprint density at radius 2 is 2.05 bits per heavy atom. The highest BCUT2D eigenvalue weighted by atomic mass is 32.1. The molecule has 0 amide bonds. The van der Waals surface area contributed by atoms with Gasteiger partial charge in [0.15, 0.2) is 0 Å². The summed E-state index contributed by atoms with van der Waals surface area (Å²) in [6.07, 6.45) is -3.25. The van der Waals surface area contributed by atoms with Crippen LogP contribution in [0.3, 0.4) is 0 Å². The first-order valence-corrected chi connectivity index (χ1v) is 7.17. The number of halogens is 3. The van der Waals surface area contributed by atoms with Crippen LogP contribution in [-0.2, 0) is 6.18 Å². The summed E-state index contributed by atoms with van der Waals surface area (Å²) < 4.78 is 39.0. The van der Waals surface area contributed by atoms with Gasteiger partial charge in [0, 0.05) is 6.04 Å². The molecule has 0 aliphatic carbocycles. The third kappa shape index (κ3) is 3.38. The Labute approximate surface area is 128 Å². The zero-order valence-corrected chi connectivity index (χ0v) is 12.6. The number of hydrogen-bond donors (Lipinski definition) is 1. The monoisotopic (exact) mass is 330 g/mol. The van der Waals surface area contributed by atoms with E-state index >= 15 is 0 Å². The third-order valence-electron chi connectivity index (χ3n) is 2.86. The summed E-state index contributed by atoms with van der Waals surface area (Å²) in [5, 5.41) is 9.94. The van der Waals surface area contributed by atoms with Crippen LogP contribution in [0.15, 0.2) is 34.1 Å². The van der Waals surface area contributed by atoms with Crippen LogP contribution in [0.25, 0.3) is 0 Å². The molecule has 0 atom stereocenters. The second kappa shape index (κ2) is 5.96. The van der Waals surface area contributed by atoms with E-state index in [4.69, 9.17) is 0 Å². The van der Waals surface area contributed by atoms with Crippen molar-refractivity contribution < 1.29 is 18.3 Å². The molecular formula is C14H13F3N2O2S. The highest BCUT2D eigenvalue weighted by Crippen LogP contribution is 2.31. The van der Waals surface area contributed by atoms with Crippen molar-refractivity contribution in [2.24, 2.45) is 4.99 Å². The summed E-state index contributed by atoms with van der Waals surface area (Å²) in [5.74, 6) is -0.235. The molecule has 0 unspecified atom stereocenters. The Bertz CT molecular complexity index is 760. The Kier molecular flexibility index (Phi) is 4.41. The maximum absolute atomic E-state index is 12.6. The van der Waals surface area contributed by atoms with E-state index in [0.717, 1.165) is 23.5 Å². The predicted octanol–water partition coefficient (Wildman–Crippen LogP) is 3.97. The molecule has 0 aliphatic rings. The molecule has 1 aromatic heterocycles. The summed E-state index contributed by atoms with van der Waals surface area (Å²) in [6, 6.07) is 4.28. The van der Waals surface area contributed by atoms with E-state index in [2.05, 4.69) is 4.99 Å². The Balaban J connectivity index is 2.34. The molecule has 8 heteroatoms. The normalized spacial score (nSPS) is 12.5. The van der Waals surface area contributed by atoms with Crippen molar-refractivity contribution in [2.45, 2.75) is 26.1 Å². The summed E-state index contributed by atoms with van der Waals surface area (Å²) >= 11 is 0.784. The van der Waals surface area contributed by atoms with Crippen LogP contribution in [0.1, 0.15) is 30.3 Å². The number of alkyl halides is 3. The minimum atomic E-state index is -4.44. The molecule has 0 spiro atoms. The maximum atomic E-state index is 12.6. The van der Waals surface area contributed by atoms with Gasteiger partial charge >= 0.3 is 11.0 Å². The molecule has 118 valence electrons. The number of rotatable bonds is 3. The number of benzene rings is 1. The van der Waals surface area contributed by atoms with Gasteiger partial charge in [-0.3, -0.25) is 14.4 Å². The molecule has 2 rings (SSSR count). The number of aliphatic imine (C=N–C) groups is 1. The molecule has 2 aromatic rings. The molecule has 0 saturated carbocycles. The van der Waals surface area contributed by atoms with Crippen molar-refractivity contribution in [3.63, 3.8) is 0 Å². The quantitative estimate of drug-likeness (QED) is 0.866. The first kappa shape index (κ1) is 16.3. The van der Waals surface area contributed by atoms with Crippen molar-refractivity contribution >= 4 is 23.2 Å². The van der Waals surface area contributed by atoms with Crippen LogP contribution in [0.4, 0.5) is 18.9 Å². The van der Waals surface area contributed by atoms with Crippen molar-refractivity contribution in [1.82, 2.24) is 4.57 Å². The highest BCUT2D eigenvalue weighted by molar-refractivity contribution is 7.11. The lowest BCUT2D eigenvalue weighted by atomic mass is 10.2. The van der Waals surface area contributed by atoms with Gasteiger partial charge in [-0.2, -0.15) is 13.2 Å². The highest BCUT2D eigenvalue weighted by Gasteiger charge is 2.30. The van der Waals surface area contributed by atoms with E-state index in [0.29, 0.717) is 0 Å². The fraction of sp³-hybridized carbons (Fsp3) is 0.286. The lowest BCUT2D eigenvalue weighted by Gasteiger charge is -2.06. The van der Waals surface area contributed by atoms with Gasteiger partial charge in [0.25, 0.3) is 0 Å². The van der Waals surface area contributed by atoms with Gasteiger partial charge in [0.05, 0.1) is 17.5 Å². The first-order chi connectivity index (χ1) is 10.2. The zero-order chi connectivity index (χ0) is 16.5. The second-order valence-corrected chi connectivity index (χ2v) is 5.82. The van der Waals surface area contributed by atoms with Crippen LogP contribution in [0.5, 0.6) is 5.88 Å². The third-order valence-corrected chi connectivity index (χ3v) is 3.74. The number of aromatic nitrogens is 1. The van der Waals surface area contributed by atoms with Gasteiger partial charge in [0.1, 0.15) is 4.88 Å². The van der Waals surface area contributed by atoms with Crippen molar-refractivity contribution in [1.29, 1.82) is 0 Å². The number of thiazole rings is 1. The predicted molar refractivity (Wildman–Crippen MR) is 79.3 cm³/mol. The molecule has 0 aliphatic heterocycles. The van der Waals surface area contributed by atoms with Gasteiger partial charge in [-0.15, -0.1) is 0 Å². The van der Waals surface area contributed by atoms with E-state index in [1.807, 2.05) is 0 Å². The zero-order valence-electron chi connectivity index (χ0n) is 11.8. The number of aromatic hydroxyl groups is 1. The smallest absolute Gasteiger partial charge is 0.416 e. The molecule has 1 N–H and O–H groups in total. The van der Waals surface area contributed by atoms with Crippen molar-refractivity contribution in [2.75, 3.05) is 0 Å². The summed E-state index contributed by atoms with van der Waals surface area (Å²) in [6.45, 7) is 3.48.